The van der Waals surface area contributed by atoms with Gasteiger partial charge in [-0.15, -0.1) is 0 Å². The molecule has 0 aliphatic carbocycles. The van der Waals surface area contributed by atoms with Crippen LogP contribution in [0.1, 0.15) is 5.56 Å². The molecule has 6 heteroatoms. The molecule has 2 rings (SSSR count). The molecule has 0 unspecified atom stereocenters. The average Bonchev–Trinajstić information content (AvgIpc) is 2.44. The fraction of sp³-hybridized carbons (Fsp3) is 0.125. The molecule has 0 aromatic carbocycles. The SMILES string of the molecule is Cn1[nH]c2ncc(C#N)c(N)c2c1=O. The summed E-state index contributed by atoms with van der Waals surface area (Å²) in [5.74, 6) is 0. The van der Waals surface area contributed by atoms with Gasteiger partial charge in [0.05, 0.1) is 11.3 Å². The minimum absolute atomic E-state index is 0.180. The summed E-state index contributed by atoms with van der Waals surface area (Å²) in [6.07, 6.45) is 1.34. The molecule has 0 atom stereocenters. The second-order valence-corrected chi connectivity index (χ2v) is 2.90. The maximum atomic E-state index is 11.5. The zero-order chi connectivity index (χ0) is 10.3. The Labute approximate surface area is 78.6 Å². The van der Waals surface area contributed by atoms with Gasteiger partial charge in [0, 0.05) is 13.2 Å². The summed E-state index contributed by atoms with van der Waals surface area (Å²) in [4.78, 5) is 15.4. The van der Waals surface area contributed by atoms with E-state index in [1.807, 2.05) is 6.07 Å². The van der Waals surface area contributed by atoms with Crippen LogP contribution in [0.25, 0.3) is 11.0 Å². The molecule has 0 radical (unpaired) electrons. The van der Waals surface area contributed by atoms with Gasteiger partial charge in [0.15, 0.2) is 5.65 Å². The molecule has 3 N–H and O–H groups in total. The molecule has 2 aromatic heterocycles. The molecular formula is C8H7N5O. The number of aromatic amines is 1. The number of fused-ring (bicyclic) bond motifs is 1. The molecule has 0 saturated heterocycles. The second-order valence-electron chi connectivity index (χ2n) is 2.90. The normalized spacial score (nSPS) is 10.3. The molecule has 0 amide bonds. The zero-order valence-electron chi connectivity index (χ0n) is 7.40. The van der Waals surface area contributed by atoms with E-state index in [0.29, 0.717) is 5.65 Å². The number of aromatic nitrogens is 3. The molecule has 2 aromatic rings. The number of nitriles is 1. The summed E-state index contributed by atoms with van der Waals surface area (Å²) < 4.78 is 1.27. The molecule has 0 aliphatic rings. The summed E-state index contributed by atoms with van der Waals surface area (Å²) in [7, 11) is 1.56. The van der Waals surface area contributed by atoms with Gasteiger partial charge in [-0.3, -0.25) is 14.6 Å². The quantitative estimate of drug-likeness (QED) is 0.594. The first kappa shape index (κ1) is 8.31. The van der Waals surface area contributed by atoms with Crippen molar-refractivity contribution < 1.29 is 0 Å². The number of nitrogens with two attached hydrogens (primary N) is 1. The molecule has 0 saturated carbocycles. The van der Waals surface area contributed by atoms with Gasteiger partial charge in [0.2, 0.25) is 0 Å². The Kier molecular flexibility index (Phi) is 1.54. The zero-order valence-corrected chi connectivity index (χ0v) is 7.40. The highest BCUT2D eigenvalue weighted by Gasteiger charge is 2.11. The number of pyridine rings is 1. The molecule has 70 valence electrons. The first-order chi connectivity index (χ1) is 6.65. The first-order valence-electron chi connectivity index (χ1n) is 3.88. The van der Waals surface area contributed by atoms with Gasteiger partial charge in [0.25, 0.3) is 5.56 Å². The minimum atomic E-state index is -0.276. The number of nitrogens with one attached hydrogen (secondary N) is 1. The standard InChI is InChI=1S/C8H7N5O/c1-13-8(14)5-6(10)4(2-9)3-11-7(5)12-13/h3H,1H3,(H3,10,11,12). The van der Waals surface area contributed by atoms with Gasteiger partial charge in [-0.05, 0) is 0 Å². The number of nitrogens with zero attached hydrogens (tertiary/aromatic N) is 3. The van der Waals surface area contributed by atoms with E-state index in [1.165, 1.54) is 10.9 Å². The fourth-order valence-electron chi connectivity index (χ4n) is 1.29. The topological polar surface area (TPSA) is 100 Å². The van der Waals surface area contributed by atoms with Crippen molar-refractivity contribution in [2.75, 3.05) is 5.73 Å². The Morgan fingerprint density at radius 2 is 2.43 bits per heavy atom. The lowest BCUT2D eigenvalue weighted by Crippen LogP contribution is -2.12. The van der Waals surface area contributed by atoms with Gasteiger partial charge in [-0.1, -0.05) is 0 Å². The van der Waals surface area contributed by atoms with Crippen molar-refractivity contribution >= 4 is 16.7 Å². The fourth-order valence-corrected chi connectivity index (χ4v) is 1.29. The summed E-state index contributed by atoms with van der Waals surface area (Å²) in [5.41, 5.74) is 6.17. The molecule has 6 nitrogen and oxygen atoms in total. The molecule has 0 spiro atoms. The Balaban J connectivity index is 3.03. The smallest absolute Gasteiger partial charge is 0.277 e. The van der Waals surface area contributed by atoms with E-state index in [0.717, 1.165) is 0 Å². The van der Waals surface area contributed by atoms with Crippen LogP contribution in [0.4, 0.5) is 5.69 Å². The monoisotopic (exact) mass is 189 g/mol. The summed E-state index contributed by atoms with van der Waals surface area (Å²) in [6.45, 7) is 0. The molecule has 0 aliphatic heterocycles. The van der Waals surface area contributed by atoms with Crippen LogP contribution in [0.3, 0.4) is 0 Å². The average molecular weight is 189 g/mol. The van der Waals surface area contributed by atoms with Crippen LogP contribution in [-0.4, -0.2) is 14.8 Å². The highest BCUT2D eigenvalue weighted by molar-refractivity contribution is 5.89. The third-order valence-corrected chi connectivity index (χ3v) is 2.03. The lowest BCUT2D eigenvalue weighted by atomic mass is 10.2. The van der Waals surface area contributed by atoms with E-state index in [4.69, 9.17) is 11.0 Å². The van der Waals surface area contributed by atoms with Gasteiger partial charge in [-0.2, -0.15) is 5.26 Å². The number of H-pyrrole nitrogens is 1. The lowest BCUT2D eigenvalue weighted by molar-refractivity contribution is 0.748. The summed E-state index contributed by atoms with van der Waals surface area (Å²) in [6, 6.07) is 1.87. The highest BCUT2D eigenvalue weighted by atomic mass is 16.1. The maximum Gasteiger partial charge on any atom is 0.277 e. The third kappa shape index (κ3) is 0.894. The van der Waals surface area contributed by atoms with E-state index >= 15 is 0 Å². The van der Waals surface area contributed by atoms with Crippen molar-refractivity contribution in [2.45, 2.75) is 0 Å². The van der Waals surface area contributed by atoms with E-state index in [2.05, 4.69) is 10.1 Å². The number of nitrogen functional groups attached to an aromatic ring is 1. The van der Waals surface area contributed by atoms with E-state index in [-0.39, 0.29) is 22.2 Å². The molecule has 0 bridgehead atoms. The van der Waals surface area contributed by atoms with E-state index in [9.17, 15) is 4.79 Å². The summed E-state index contributed by atoms with van der Waals surface area (Å²) >= 11 is 0. The van der Waals surface area contributed by atoms with Crippen molar-refractivity contribution in [2.24, 2.45) is 7.05 Å². The van der Waals surface area contributed by atoms with Crippen LogP contribution in [-0.2, 0) is 7.05 Å². The van der Waals surface area contributed by atoms with Gasteiger partial charge >= 0.3 is 0 Å². The van der Waals surface area contributed by atoms with E-state index < -0.39 is 0 Å². The molecule has 2 heterocycles. The summed E-state index contributed by atoms with van der Waals surface area (Å²) in [5, 5.41) is 11.7. The van der Waals surface area contributed by atoms with E-state index in [1.54, 1.807) is 7.05 Å². The van der Waals surface area contributed by atoms with Crippen LogP contribution in [0.15, 0.2) is 11.0 Å². The predicted octanol–water partition coefficient (Wildman–Crippen LogP) is -0.285. The Bertz CT molecular complexity index is 600. The van der Waals surface area contributed by atoms with Gasteiger partial charge < -0.3 is 5.73 Å². The van der Waals surface area contributed by atoms with Crippen molar-refractivity contribution in [3.63, 3.8) is 0 Å². The van der Waals surface area contributed by atoms with Crippen LogP contribution >= 0.6 is 0 Å². The minimum Gasteiger partial charge on any atom is -0.397 e. The number of hydrogen-bond donors (Lipinski definition) is 2. The van der Waals surface area contributed by atoms with Crippen molar-refractivity contribution in [3.05, 3.63) is 22.1 Å². The molecule has 14 heavy (non-hydrogen) atoms. The highest BCUT2D eigenvalue weighted by Crippen LogP contribution is 2.17. The number of hydrogen-bond acceptors (Lipinski definition) is 4. The van der Waals surface area contributed by atoms with Gasteiger partial charge in [-0.25, -0.2) is 4.98 Å². The third-order valence-electron chi connectivity index (χ3n) is 2.03. The van der Waals surface area contributed by atoms with Crippen molar-refractivity contribution in [1.82, 2.24) is 14.8 Å². The lowest BCUT2D eigenvalue weighted by Gasteiger charge is -1.94. The maximum absolute atomic E-state index is 11.5. The number of anilines is 1. The largest absolute Gasteiger partial charge is 0.397 e. The van der Waals surface area contributed by atoms with Crippen molar-refractivity contribution in [3.8, 4) is 6.07 Å². The van der Waals surface area contributed by atoms with Crippen LogP contribution < -0.4 is 11.3 Å². The van der Waals surface area contributed by atoms with Gasteiger partial charge in [0.1, 0.15) is 11.5 Å². The van der Waals surface area contributed by atoms with Crippen LogP contribution in [0.5, 0.6) is 0 Å². The van der Waals surface area contributed by atoms with Crippen LogP contribution in [0, 0.1) is 11.3 Å². The Morgan fingerprint density at radius 3 is 3.07 bits per heavy atom. The molecule has 0 fully saturated rings. The number of aryl methyl sites for hydroxylation is 1. The van der Waals surface area contributed by atoms with Crippen LogP contribution in [0.2, 0.25) is 0 Å². The second kappa shape index (κ2) is 2.60. The van der Waals surface area contributed by atoms with Crippen molar-refractivity contribution in [1.29, 1.82) is 5.26 Å². The Hall–Kier alpha value is -2.29. The molecular weight excluding hydrogens is 182 g/mol. The predicted molar refractivity (Wildman–Crippen MR) is 50.5 cm³/mol. The number of rotatable bonds is 0. The first-order valence-corrected chi connectivity index (χ1v) is 3.88. The Morgan fingerprint density at radius 1 is 1.71 bits per heavy atom.